The van der Waals surface area contributed by atoms with Gasteiger partial charge in [0.05, 0.1) is 5.52 Å². The maximum Gasteiger partial charge on any atom is 0.177 e. The molecule has 0 unspecified atom stereocenters. The van der Waals surface area contributed by atoms with Crippen molar-refractivity contribution < 1.29 is 0 Å². The Bertz CT molecular complexity index is 431. The first-order chi connectivity index (χ1) is 6.83. The normalized spacial score (nSPS) is 11.0. The Kier molecular flexibility index (Phi) is 2.48. The summed E-state index contributed by atoms with van der Waals surface area (Å²) in [5.74, 6) is 1.06. The van der Waals surface area contributed by atoms with Crippen molar-refractivity contribution in [1.82, 2.24) is 14.5 Å². The lowest BCUT2D eigenvalue weighted by molar-refractivity contribution is 0.631. The van der Waals surface area contributed by atoms with Gasteiger partial charge in [0.15, 0.2) is 5.65 Å². The molecule has 0 N–H and O–H groups in total. The maximum atomic E-state index is 4.42. The van der Waals surface area contributed by atoms with Gasteiger partial charge in [0, 0.05) is 12.7 Å². The standard InChI is InChI=1S/C11H15N3/c1-3-4-8-14-9(2)13-11-10(14)6-5-7-12-11/h5-7H,3-4,8H2,1-2H3. The number of hydrogen-bond acceptors (Lipinski definition) is 2. The van der Waals surface area contributed by atoms with E-state index in [1.165, 1.54) is 12.8 Å². The Morgan fingerprint density at radius 2 is 2.29 bits per heavy atom. The van der Waals surface area contributed by atoms with Crippen LogP contribution in [0.15, 0.2) is 18.3 Å². The first-order valence-corrected chi connectivity index (χ1v) is 5.10. The molecule has 0 saturated heterocycles. The molecule has 0 saturated carbocycles. The van der Waals surface area contributed by atoms with E-state index in [9.17, 15) is 0 Å². The number of aromatic nitrogens is 3. The Balaban J connectivity index is 2.45. The second-order valence-electron chi connectivity index (χ2n) is 3.51. The molecule has 0 aliphatic heterocycles. The minimum atomic E-state index is 0.862. The van der Waals surface area contributed by atoms with E-state index in [-0.39, 0.29) is 0 Å². The minimum absolute atomic E-state index is 0.862. The summed E-state index contributed by atoms with van der Waals surface area (Å²) in [6.07, 6.45) is 4.19. The molecule has 0 aliphatic carbocycles. The van der Waals surface area contributed by atoms with Gasteiger partial charge in [0.2, 0.25) is 0 Å². The number of pyridine rings is 1. The highest BCUT2D eigenvalue weighted by Gasteiger charge is 2.05. The molecule has 0 spiro atoms. The second-order valence-corrected chi connectivity index (χ2v) is 3.51. The van der Waals surface area contributed by atoms with E-state index < -0.39 is 0 Å². The highest BCUT2D eigenvalue weighted by molar-refractivity contribution is 5.71. The highest BCUT2D eigenvalue weighted by Crippen LogP contribution is 2.13. The molecule has 0 aliphatic rings. The molecular weight excluding hydrogens is 174 g/mol. The van der Waals surface area contributed by atoms with E-state index in [1.54, 1.807) is 6.20 Å². The fraction of sp³-hybridized carbons (Fsp3) is 0.455. The topological polar surface area (TPSA) is 30.7 Å². The number of rotatable bonds is 3. The molecule has 0 radical (unpaired) electrons. The number of fused-ring (bicyclic) bond motifs is 1. The zero-order valence-electron chi connectivity index (χ0n) is 8.70. The van der Waals surface area contributed by atoms with Gasteiger partial charge in [-0.1, -0.05) is 13.3 Å². The van der Waals surface area contributed by atoms with Crippen LogP contribution < -0.4 is 0 Å². The molecule has 0 aromatic carbocycles. The van der Waals surface area contributed by atoms with Crippen LogP contribution in [0.4, 0.5) is 0 Å². The van der Waals surface area contributed by atoms with E-state index in [2.05, 4.69) is 27.5 Å². The lowest BCUT2D eigenvalue weighted by atomic mass is 10.3. The quantitative estimate of drug-likeness (QED) is 0.742. The third-order valence-electron chi connectivity index (χ3n) is 2.45. The van der Waals surface area contributed by atoms with Crippen LogP contribution in [0.5, 0.6) is 0 Å². The van der Waals surface area contributed by atoms with Crippen LogP contribution in [0.2, 0.25) is 0 Å². The van der Waals surface area contributed by atoms with Crippen LogP contribution in [0.1, 0.15) is 25.6 Å². The van der Waals surface area contributed by atoms with Crippen molar-refractivity contribution >= 4 is 11.2 Å². The summed E-state index contributed by atoms with van der Waals surface area (Å²) >= 11 is 0. The molecule has 2 aromatic heterocycles. The molecule has 0 bridgehead atoms. The number of hydrogen-bond donors (Lipinski definition) is 0. The molecule has 74 valence electrons. The second kappa shape index (κ2) is 3.78. The lowest BCUT2D eigenvalue weighted by Crippen LogP contribution is -1.99. The Hall–Kier alpha value is -1.38. The predicted molar refractivity (Wildman–Crippen MR) is 57.2 cm³/mol. The van der Waals surface area contributed by atoms with Crippen molar-refractivity contribution in [3.05, 3.63) is 24.2 Å². The van der Waals surface area contributed by atoms with Gasteiger partial charge in [-0.05, 0) is 25.5 Å². The number of imidazole rings is 1. The first kappa shape index (κ1) is 9.19. The van der Waals surface area contributed by atoms with E-state index in [4.69, 9.17) is 0 Å². The smallest absolute Gasteiger partial charge is 0.177 e. The molecule has 2 heterocycles. The summed E-state index contributed by atoms with van der Waals surface area (Å²) in [5.41, 5.74) is 2.01. The third-order valence-corrected chi connectivity index (χ3v) is 2.45. The van der Waals surface area contributed by atoms with Crippen molar-refractivity contribution in [2.45, 2.75) is 33.2 Å². The Morgan fingerprint density at radius 1 is 1.43 bits per heavy atom. The van der Waals surface area contributed by atoms with Crippen molar-refractivity contribution in [3.8, 4) is 0 Å². The molecule has 0 fully saturated rings. The molecule has 0 amide bonds. The summed E-state index contributed by atoms with van der Waals surface area (Å²) in [4.78, 5) is 8.66. The SMILES string of the molecule is CCCCn1c(C)nc2ncccc21. The number of aryl methyl sites for hydroxylation is 2. The predicted octanol–water partition coefficient (Wildman–Crippen LogP) is 2.54. The maximum absolute atomic E-state index is 4.42. The largest absolute Gasteiger partial charge is 0.327 e. The van der Waals surface area contributed by atoms with Crippen molar-refractivity contribution in [1.29, 1.82) is 0 Å². The van der Waals surface area contributed by atoms with E-state index in [0.717, 1.165) is 23.5 Å². The van der Waals surface area contributed by atoms with Gasteiger partial charge in [-0.3, -0.25) is 0 Å². The van der Waals surface area contributed by atoms with Crippen LogP contribution in [-0.4, -0.2) is 14.5 Å². The van der Waals surface area contributed by atoms with Crippen LogP contribution in [-0.2, 0) is 6.54 Å². The van der Waals surface area contributed by atoms with Crippen molar-refractivity contribution in [2.75, 3.05) is 0 Å². The highest BCUT2D eigenvalue weighted by atomic mass is 15.1. The molecule has 14 heavy (non-hydrogen) atoms. The number of unbranched alkanes of at least 4 members (excludes halogenated alkanes) is 1. The average molecular weight is 189 g/mol. The minimum Gasteiger partial charge on any atom is -0.327 e. The van der Waals surface area contributed by atoms with E-state index in [1.807, 2.05) is 13.0 Å². The summed E-state index contributed by atoms with van der Waals surface area (Å²) in [7, 11) is 0. The Morgan fingerprint density at radius 3 is 3.07 bits per heavy atom. The fourth-order valence-electron chi connectivity index (χ4n) is 1.67. The van der Waals surface area contributed by atoms with E-state index in [0.29, 0.717) is 0 Å². The summed E-state index contributed by atoms with van der Waals surface area (Å²) < 4.78 is 2.24. The summed E-state index contributed by atoms with van der Waals surface area (Å²) in [6, 6.07) is 4.05. The molecule has 3 nitrogen and oxygen atoms in total. The van der Waals surface area contributed by atoms with Gasteiger partial charge in [-0.15, -0.1) is 0 Å². The molecule has 0 atom stereocenters. The van der Waals surface area contributed by atoms with Gasteiger partial charge in [-0.25, -0.2) is 9.97 Å². The van der Waals surface area contributed by atoms with Crippen LogP contribution in [0.25, 0.3) is 11.2 Å². The monoisotopic (exact) mass is 189 g/mol. The average Bonchev–Trinajstić information content (AvgIpc) is 2.51. The van der Waals surface area contributed by atoms with Crippen LogP contribution in [0, 0.1) is 6.92 Å². The van der Waals surface area contributed by atoms with E-state index >= 15 is 0 Å². The number of nitrogens with zero attached hydrogens (tertiary/aromatic N) is 3. The first-order valence-electron chi connectivity index (χ1n) is 5.10. The Labute approximate surface area is 83.8 Å². The van der Waals surface area contributed by atoms with Crippen molar-refractivity contribution in [2.24, 2.45) is 0 Å². The van der Waals surface area contributed by atoms with Gasteiger partial charge in [-0.2, -0.15) is 0 Å². The summed E-state index contributed by atoms with van der Waals surface area (Å²) in [6.45, 7) is 5.29. The van der Waals surface area contributed by atoms with Gasteiger partial charge < -0.3 is 4.57 Å². The van der Waals surface area contributed by atoms with Gasteiger partial charge in [0.25, 0.3) is 0 Å². The van der Waals surface area contributed by atoms with Crippen molar-refractivity contribution in [3.63, 3.8) is 0 Å². The fourth-order valence-corrected chi connectivity index (χ4v) is 1.67. The molecule has 2 rings (SSSR count). The van der Waals surface area contributed by atoms with Gasteiger partial charge in [0.1, 0.15) is 5.82 Å². The summed E-state index contributed by atoms with van der Waals surface area (Å²) in [5, 5.41) is 0. The zero-order chi connectivity index (χ0) is 9.97. The molecule has 2 aromatic rings. The van der Waals surface area contributed by atoms with Crippen LogP contribution >= 0.6 is 0 Å². The third kappa shape index (κ3) is 1.50. The lowest BCUT2D eigenvalue weighted by Gasteiger charge is -2.04. The molecular formula is C11H15N3. The zero-order valence-corrected chi connectivity index (χ0v) is 8.70. The van der Waals surface area contributed by atoms with Gasteiger partial charge >= 0.3 is 0 Å². The van der Waals surface area contributed by atoms with Crippen LogP contribution in [0.3, 0.4) is 0 Å². The molecule has 3 heteroatoms.